The Morgan fingerprint density at radius 1 is 1.36 bits per heavy atom. The van der Waals surface area contributed by atoms with Gasteiger partial charge in [-0.3, -0.25) is 9.59 Å². The summed E-state index contributed by atoms with van der Waals surface area (Å²) in [6.07, 6.45) is 4.37. The standard InChI is InChI=1S/C16H21N3O3/c1-11(2)7-12(16(21)22)9-17-15(20)8-13-10-19-6-4-3-5-14(19)18-13/h3-6,10-12H,7-9H2,1-2H3,(H,17,20)(H,21,22). The predicted octanol–water partition coefficient (Wildman–Crippen LogP) is 1.74. The molecule has 1 atom stereocenters. The van der Waals surface area contributed by atoms with E-state index in [2.05, 4.69) is 10.3 Å². The molecule has 0 aliphatic rings. The molecule has 118 valence electrons. The van der Waals surface area contributed by atoms with E-state index in [1.165, 1.54) is 0 Å². The Bertz CT molecular complexity index is 630. The minimum Gasteiger partial charge on any atom is -0.481 e. The van der Waals surface area contributed by atoms with Crippen LogP contribution in [0.1, 0.15) is 26.0 Å². The zero-order chi connectivity index (χ0) is 16.1. The molecule has 0 bridgehead atoms. The van der Waals surface area contributed by atoms with Crippen molar-refractivity contribution in [1.82, 2.24) is 14.7 Å². The van der Waals surface area contributed by atoms with Gasteiger partial charge in [-0.1, -0.05) is 19.9 Å². The van der Waals surface area contributed by atoms with Gasteiger partial charge < -0.3 is 14.8 Å². The number of hydrogen-bond donors (Lipinski definition) is 2. The first-order chi connectivity index (χ1) is 10.5. The van der Waals surface area contributed by atoms with E-state index in [1.807, 2.05) is 42.6 Å². The molecule has 0 saturated heterocycles. The second-order valence-corrected chi connectivity index (χ2v) is 5.84. The maximum atomic E-state index is 11.9. The van der Waals surface area contributed by atoms with Gasteiger partial charge in [0.05, 0.1) is 18.0 Å². The number of nitrogens with zero attached hydrogens (tertiary/aromatic N) is 2. The largest absolute Gasteiger partial charge is 0.481 e. The summed E-state index contributed by atoms with van der Waals surface area (Å²) in [6, 6.07) is 5.64. The Morgan fingerprint density at radius 2 is 2.14 bits per heavy atom. The van der Waals surface area contributed by atoms with Gasteiger partial charge in [0.15, 0.2) is 0 Å². The van der Waals surface area contributed by atoms with Crippen LogP contribution in [0, 0.1) is 11.8 Å². The molecule has 1 unspecified atom stereocenters. The second-order valence-electron chi connectivity index (χ2n) is 5.84. The van der Waals surface area contributed by atoms with E-state index in [4.69, 9.17) is 5.11 Å². The van der Waals surface area contributed by atoms with Gasteiger partial charge in [-0.05, 0) is 24.5 Å². The molecule has 22 heavy (non-hydrogen) atoms. The van der Waals surface area contributed by atoms with Crippen LogP contribution in [0.2, 0.25) is 0 Å². The van der Waals surface area contributed by atoms with Crippen LogP contribution in [-0.4, -0.2) is 32.9 Å². The average Bonchev–Trinajstić information content (AvgIpc) is 2.84. The topological polar surface area (TPSA) is 83.7 Å². The zero-order valence-corrected chi connectivity index (χ0v) is 12.8. The number of amides is 1. The van der Waals surface area contributed by atoms with Crippen LogP contribution in [0.15, 0.2) is 30.6 Å². The van der Waals surface area contributed by atoms with Crippen molar-refractivity contribution >= 4 is 17.5 Å². The quantitative estimate of drug-likeness (QED) is 0.816. The fraction of sp³-hybridized carbons (Fsp3) is 0.438. The molecule has 2 aromatic rings. The van der Waals surface area contributed by atoms with Gasteiger partial charge in [-0.2, -0.15) is 0 Å². The molecule has 0 aromatic carbocycles. The van der Waals surface area contributed by atoms with Gasteiger partial charge in [0.2, 0.25) is 5.91 Å². The van der Waals surface area contributed by atoms with Crippen LogP contribution in [0.4, 0.5) is 0 Å². The summed E-state index contributed by atoms with van der Waals surface area (Å²) < 4.78 is 1.85. The minimum atomic E-state index is -0.873. The van der Waals surface area contributed by atoms with Gasteiger partial charge in [-0.15, -0.1) is 0 Å². The highest BCUT2D eigenvalue weighted by molar-refractivity contribution is 5.79. The van der Waals surface area contributed by atoms with Crippen LogP contribution in [0.25, 0.3) is 5.65 Å². The number of rotatable bonds is 7. The van der Waals surface area contributed by atoms with Crippen LogP contribution in [0.3, 0.4) is 0 Å². The summed E-state index contributed by atoms with van der Waals surface area (Å²) in [6.45, 7) is 4.09. The number of nitrogens with one attached hydrogen (secondary N) is 1. The maximum absolute atomic E-state index is 11.9. The Hall–Kier alpha value is -2.37. The zero-order valence-electron chi connectivity index (χ0n) is 12.8. The number of carbonyl (C=O) groups excluding carboxylic acids is 1. The number of aromatic nitrogens is 2. The van der Waals surface area contributed by atoms with Crippen LogP contribution >= 0.6 is 0 Å². The van der Waals surface area contributed by atoms with Gasteiger partial charge in [0, 0.05) is 18.9 Å². The van der Waals surface area contributed by atoms with Gasteiger partial charge in [-0.25, -0.2) is 4.98 Å². The molecular formula is C16H21N3O3. The molecule has 2 N–H and O–H groups in total. The van der Waals surface area contributed by atoms with Crippen molar-refractivity contribution in [2.45, 2.75) is 26.7 Å². The van der Waals surface area contributed by atoms with Crippen LogP contribution in [-0.2, 0) is 16.0 Å². The number of hydrogen-bond acceptors (Lipinski definition) is 3. The van der Waals surface area contributed by atoms with E-state index in [1.54, 1.807) is 6.20 Å². The third kappa shape index (κ3) is 4.31. The summed E-state index contributed by atoms with van der Waals surface area (Å²) in [5, 5.41) is 11.8. The lowest BCUT2D eigenvalue weighted by Crippen LogP contribution is -2.34. The highest BCUT2D eigenvalue weighted by atomic mass is 16.4. The molecule has 6 heteroatoms. The van der Waals surface area contributed by atoms with Crippen molar-refractivity contribution < 1.29 is 14.7 Å². The predicted molar refractivity (Wildman–Crippen MR) is 82.5 cm³/mol. The number of pyridine rings is 1. The number of aliphatic carboxylic acids is 1. The van der Waals surface area contributed by atoms with Crippen LogP contribution in [0.5, 0.6) is 0 Å². The summed E-state index contributed by atoms with van der Waals surface area (Å²) in [5.41, 5.74) is 1.45. The first kappa shape index (κ1) is 16.0. The van der Waals surface area contributed by atoms with E-state index < -0.39 is 11.9 Å². The summed E-state index contributed by atoms with van der Waals surface area (Å²) in [7, 11) is 0. The van der Waals surface area contributed by atoms with E-state index in [0.29, 0.717) is 12.1 Å². The molecule has 1 amide bonds. The van der Waals surface area contributed by atoms with Crippen molar-refractivity contribution in [3.05, 3.63) is 36.3 Å². The Labute approximate surface area is 129 Å². The Morgan fingerprint density at radius 3 is 2.77 bits per heavy atom. The third-order valence-corrected chi connectivity index (χ3v) is 3.41. The van der Waals surface area contributed by atoms with Gasteiger partial charge in [0.25, 0.3) is 0 Å². The van der Waals surface area contributed by atoms with Crippen molar-refractivity contribution in [2.75, 3.05) is 6.54 Å². The highest BCUT2D eigenvalue weighted by Crippen LogP contribution is 2.11. The molecule has 0 fully saturated rings. The Balaban J connectivity index is 1.90. The molecule has 2 rings (SSSR count). The van der Waals surface area contributed by atoms with Crippen molar-refractivity contribution in [1.29, 1.82) is 0 Å². The molecule has 0 radical (unpaired) electrons. The fourth-order valence-electron chi connectivity index (χ4n) is 2.38. The second kappa shape index (κ2) is 7.06. The first-order valence-electron chi connectivity index (χ1n) is 7.38. The van der Waals surface area contributed by atoms with E-state index in [9.17, 15) is 9.59 Å². The van der Waals surface area contributed by atoms with Crippen molar-refractivity contribution in [3.8, 4) is 0 Å². The summed E-state index contributed by atoms with van der Waals surface area (Å²) >= 11 is 0. The van der Waals surface area contributed by atoms with Crippen molar-refractivity contribution in [3.63, 3.8) is 0 Å². The van der Waals surface area contributed by atoms with E-state index in [-0.39, 0.29) is 24.8 Å². The number of carboxylic acids is 1. The molecule has 6 nitrogen and oxygen atoms in total. The Kier molecular flexibility index (Phi) is 5.14. The molecule has 0 saturated carbocycles. The SMILES string of the molecule is CC(C)CC(CNC(=O)Cc1cn2ccccc2n1)C(=O)O. The number of carbonyl (C=O) groups is 2. The van der Waals surface area contributed by atoms with E-state index in [0.717, 1.165) is 5.65 Å². The molecule has 0 aliphatic carbocycles. The normalized spacial score (nSPS) is 12.5. The summed E-state index contributed by atoms with van der Waals surface area (Å²) in [5.74, 6) is -1.36. The van der Waals surface area contributed by atoms with Gasteiger partial charge in [0.1, 0.15) is 5.65 Å². The first-order valence-corrected chi connectivity index (χ1v) is 7.38. The number of carboxylic acid groups (broad SMARTS) is 1. The van der Waals surface area contributed by atoms with Crippen molar-refractivity contribution in [2.24, 2.45) is 11.8 Å². The highest BCUT2D eigenvalue weighted by Gasteiger charge is 2.19. The molecule has 0 spiro atoms. The lowest BCUT2D eigenvalue weighted by Gasteiger charge is -2.15. The van der Waals surface area contributed by atoms with Gasteiger partial charge >= 0.3 is 5.97 Å². The maximum Gasteiger partial charge on any atom is 0.308 e. The molecule has 0 aliphatic heterocycles. The molecular weight excluding hydrogens is 282 g/mol. The smallest absolute Gasteiger partial charge is 0.308 e. The molecule has 2 heterocycles. The third-order valence-electron chi connectivity index (χ3n) is 3.41. The lowest BCUT2D eigenvalue weighted by atomic mass is 9.97. The molecule has 2 aromatic heterocycles. The number of fused-ring (bicyclic) bond motifs is 1. The monoisotopic (exact) mass is 303 g/mol. The average molecular weight is 303 g/mol. The fourth-order valence-corrected chi connectivity index (χ4v) is 2.38. The van der Waals surface area contributed by atoms with Crippen LogP contribution < -0.4 is 5.32 Å². The lowest BCUT2D eigenvalue weighted by molar-refractivity contribution is -0.142. The van der Waals surface area contributed by atoms with E-state index >= 15 is 0 Å². The summed E-state index contributed by atoms with van der Waals surface area (Å²) in [4.78, 5) is 27.5. The number of imidazole rings is 1. The minimum absolute atomic E-state index is 0.149.